The summed E-state index contributed by atoms with van der Waals surface area (Å²) in [7, 11) is -3.22. The number of aryl methyl sites for hydroxylation is 1. The van der Waals surface area contributed by atoms with E-state index in [2.05, 4.69) is 10.1 Å². The summed E-state index contributed by atoms with van der Waals surface area (Å²) in [6.07, 6.45) is 2.22. The first-order chi connectivity index (χ1) is 11.3. The van der Waals surface area contributed by atoms with E-state index in [9.17, 15) is 13.2 Å². The zero-order chi connectivity index (χ0) is 17.3. The molecular formula is C16H19N3O4S. The fraction of sp³-hybridized carbons (Fsp3) is 0.438. The molecule has 0 bridgehead atoms. The number of hydrogen-bond acceptors (Lipinski definition) is 6. The predicted octanol–water partition coefficient (Wildman–Crippen LogP) is 1.34. The van der Waals surface area contributed by atoms with Crippen LogP contribution in [0.2, 0.25) is 0 Å². The lowest BCUT2D eigenvalue weighted by atomic mass is 10.1. The summed E-state index contributed by atoms with van der Waals surface area (Å²) in [5, 5.41) is 3.79. The summed E-state index contributed by atoms with van der Waals surface area (Å²) in [4.78, 5) is 18.7. The van der Waals surface area contributed by atoms with Crippen LogP contribution in [0.5, 0.6) is 0 Å². The molecule has 1 aliphatic heterocycles. The number of carbonyl (C=O) groups is 1. The lowest BCUT2D eigenvalue weighted by Crippen LogP contribution is -2.29. The summed E-state index contributed by atoms with van der Waals surface area (Å²) in [5.41, 5.74) is 0.796. The Morgan fingerprint density at radius 2 is 2.04 bits per heavy atom. The Balaban J connectivity index is 1.61. The molecule has 1 saturated heterocycles. The number of nitrogens with zero attached hydrogens (tertiary/aromatic N) is 3. The number of amides is 1. The molecule has 0 aliphatic carbocycles. The van der Waals surface area contributed by atoms with Gasteiger partial charge in [0, 0.05) is 19.3 Å². The second kappa shape index (κ2) is 6.35. The van der Waals surface area contributed by atoms with Gasteiger partial charge in [-0.2, -0.15) is 4.98 Å². The molecule has 0 N–H and O–H groups in total. The maximum absolute atomic E-state index is 12.4. The molecule has 128 valence electrons. The second-order valence-corrected chi connectivity index (χ2v) is 8.11. The van der Waals surface area contributed by atoms with Crippen LogP contribution in [0.1, 0.15) is 29.6 Å². The summed E-state index contributed by atoms with van der Waals surface area (Å²) < 4.78 is 28.1. The van der Waals surface area contributed by atoms with Crippen molar-refractivity contribution in [1.29, 1.82) is 0 Å². The first-order valence-corrected chi connectivity index (χ1v) is 9.59. The summed E-state index contributed by atoms with van der Waals surface area (Å²) >= 11 is 0. The van der Waals surface area contributed by atoms with Gasteiger partial charge in [-0.25, -0.2) is 8.42 Å². The van der Waals surface area contributed by atoms with Crippen LogP contribution in [0.3, 0.4) is 0 Å². The average Bonchev–Trinajstić information content (AvgIpc) is 3.15. The highest BCUT2D eigenvalue weighted by atomic mass is 32.2. The molecule has 24 heavy (non-hydrogen) atoms. The molecular weight excluding hydrogens is 330 g/mol. The van der Waals surface area contributed by atoms with Crippen molar-refractivity contribution in [2.75, 3.05) is 19.3 Å². The van der Waals surface area contributed by atoms with Crippen molar-refractivity contribution in [3.8, 4) is 0 Å². The minimum Gasteiger partial charge on any atom is -0.342 e. The third-order valence-corrected chi connectivity index (χ3v) is 5.27. The van der Waals surface area contributed by atoms with Gasteiger partial charge in [-0.1, -0.05) is 17.3 Å². The van der Waals surface area contributed by atoms with Gasteiger partial charge in [0.15, 0.2) is 15.7 Å². The molecule has 2 aromatic rings. The molecule has 1 aliphatic rings. The Bertz CT molecular complexity index is 842. The van der Waals surface area contributed by atoms with Crippen molar-refractivity contribution < 1.29 is 17.7 Å². The molecule has 0 saturated carbocycles. The van der Waals surface area contributed by atoms with Crippen molar-refractivity contribution in [3.05, 3.63) is 41.5 Å². The van der Waals surface area contributed by atoms with Crippen LogP contribution in [0.25, 0.3) is 0 Å². The van der Waals surface area contributed by atoms with Gasteiger partial charge in [0.05, 0.1) is 17.2 Å². The van der Waals surface area contributed by atoms with E-state index in [1.54, 1.807) is 24.0 Å². The van der Waals surface area contributed by atoms with Gasteiger partial charge in [0.25, 0.3) is 0 Å². The van der Waals surface area contributed by atoms with Crippen molar-refractivity contribution in [2.24, 2.45) is 0 Å². The number of aromatic nitrogens is 2. The van der Waals surface area contributed by atoms with E-state index in [0.29, 0.717) is 24.8 Å². The van der Waals surface area contributed by atoms with Crippen molar-refractivity contribution in [3.63, 3.8) is 0 Å². The van der Waals surface area contributed by atoms with Crippen molar-refractivity contribution >= 4 is 15.7 Å². The molecule has 2 heterocycles. The Hall–Kier alpha value is -2.22. The maximum atomic E-state index is 12.4. The molecule has 0 radical (unpaired) electrons. The molecule has 3 rings (SSSR count). The summed E-state index contributed by atoms with van der Waals surface area (Å²) in [6, 6.07) is 6.43. The molecule has 1 amide bonds. The van der Waals surface area contributed by atoms with Crippen LogP contribution in [0, 0.1) is 6.92 Å². The standard InChI is InChI=1S/C16H19N3O4S/c1-11-17-16(23-18-11)13-7-8-19(10-13)15(20)9-12-3-5-14(6-4-12)24(2,21)22/h3-6,13H,7-10H2,1-2H3. The normalized spacial score (nSPS) is 18.1. The highest BCUT2D eigenvalue weighted by Gasteiger charge is 2.30. The van der Waals surface area contributed by atoms with Crippen LogP contribution in [-0.4, -0.2) is 48.7 Å². The molecule has 1 aromatic heterocycles. The van der Waals surface area contributed by atoms with Gasteiger partial charge >= 0.3 is 0 Å². The molecule has 0 spiro atoms. The highest BCUT2D eigenvalue weighted by Crippen LogP contribution is 2.26. The maximum Gasteiger partial charge on any atom is 0.231 e. The Labute approximate surface area is 140 Å². The molecule has 8 heteroatoms. The van der Waals surface area contributed by atoms with E-state index >= 15 is 0 Å². The van der Waals surface area contributed by atoms with Gasteiger partial charge in [0.2, 0.25) is 11.8 Å². The topological polar surface area (TPSA) is 93.4 Å². The van der Waals surface area contributed by atoms with Crippen LogP contribution in [-0.2, 0) is 21.1 Å². The lowest BCUT2D eigenvalue weighted by Gasteiger charge is -2.16. The Kier molecular flexibility index (Phi) is 4.40. The SMILES string of the molecule is Cc1noc(C2CCN(C(=O)Cc3ccc(S(C)(=O)=O)cc3)C2)n1. The number of rotatable bonds is 4. The number of benzene rings is 1. The lowest BCUT2D eigenvalue weighted by molar-refractivity contribution is -0.129. The zero-order valence-corrected chi connectivity index (χ0v) is 14.4. The largest absolute Gasteiger partial charge is 0.342 e. The smallest absolute Gasteiger partial charge is 0.231 e. The fourth-order valence-electron chi connectivity index (χ4n) is 2.81. The molecule has 1 fully saturated rings. The first kappa shape index (κ1) is 16.6. The summed E-state index contributed by atoms with van der Waals surface area (Å²) in [5.74, 6) is 1.28. The van der Waals surface area contributed by atoms with Gasteiger partial charge in [0.1, 0.15) is 0 Å². The van der Waals surface area contributed by atoms with Gasteiger partial charge < -0.3 is 9.42 Å². The second-order valence-electron chi connectivity index (χ2n) is 6.10. The van der Waals surface area contributed by atoms with Gasteiger partial charge in [-0.15, -0.1) is 0 Å². The quantitative estimate of drug-likeness (QED) is 0.827. The fourth-order valence-corrected chi connectivity index (χ4v) is 3.44. The molecule has 7 nitrogen and oxygen atoms in total. The summed E-state index contributed by atoms with van der Waals surface area (Å²) in [6.45, 7) is 3.00. The predicted molar refractivity (Wildman–Crippen MR) is 86.2 cm³/mol. The zero-order valence-electron chi connectivity index (χ0n) is 13.6. The van der Waals surface area contributed by atoms with Crippen LogP contribution >= 0.6 is 0 Å². The highest BCUT2D eigenvalue weighted by molar-refractivity contribution is 7.90. The Morgan fingerprint density at radius 1 is 1.33 bits per heavy atom. The molecule has 1 atom stereocenters. The van der Waals surface area contributed by atoms with Crippen molar-refractivity contribution in [1.82, 2.24) is 15.0 Å². The van der Waals surface area contributed by atoms with E-state index < -0.39 is 9.84 Å². The van der Waals surface area contributed by atoms with Crippen molar-refractivity contribution in [2.45, 2.75) is 30.6 Å². The van der Waals surface area contributed by atoms with Gasteiger partial charge in [-0.05, 0) is 31.0 Å². The van der Waals surface area contributed by atoms with Crippen LogP contribution in [0.4, 0.5) is 0 Å². The average molecular weight is 349 g/mol. The van der Waals surface area contributed by atoms with Crippen LogP contribution < -0.4 is 0 Å². The number of hydrogen-bond donors (Lipinski definition) is 0. The third-order valence-electron chi connectivity index (χ3n) is 4.14. The number of likely N-dealkylation sites (tertiary alicyclic amines) is 1. The minimum atomic E-state index is -3.22. The minimum absolute atomic E-state index is 0.0147. The van der Waals surface area contributed by atoms with E-state index in [4.69, 9.17) is 4.52 Å². The van der Waals surface area contributed by atoms with E-state index in [-0.39, 0.29) is 23.1 Å². The molecule has 1 aromatic carbocycles. The van der Waals surface area contributed by atoms with E-state index in [1.165, 1.54) is 12.1 Å². The number of sulfone groups is 1. The number of carbonyl (C=O) groups excluding carboxylic acids is 1. The first-order valence-electron chi connectivity index (χ1n) is 7.70. The van der Waals surface area contributed by atoms with E-state index in [1.807, 2.05) is 0 Å². The van der Waals surface area contributed by atoms with Crippen LogP contribution in [0.15, 0.2) is 33.7 Å². The van der Waals surface area contributed by atoms with E-state index in [0.717, 1.165) is 18.2 Å². The van der Waals surface area contributed by atoms with Gasteiger partial charge in [-0.3, -0.25) is 4.79 Å². The molecule has 1 unspecified atom stereocenters. The third kappa shape index (κ3) is 3.64. The monoisotopic (exact) mass is 349 g/mol. The Morgan fingerprint density at radius 3 is 2.62 bits per heavy atom.